The van der Waals surface area contributed by atoms with E-state index in [9.17, 15) is 0 Å². The first-order valence-corrected chi connectivity index (χ1v) is 11.5. The van der Waals surface area contributed by atoms with Gasteiger partial charge in [-0.25, -0.2) is 9.97 Å². The number of nitrogens with zero attached hydrogens (tertiary/aromatic N) is 4. The van der Waals surface area contributed by atoms with Crippen LogP contribution in [0.25, 0.3) is 21.1 Å². The number of aliphatic hydroxyl groups excluding tert-OH is 1. The Hall–Kier alpha value is -3.01. The highest BCUT2D eigenvalue weighted by molar-refractivity contribution is 7.22. The van der Waals surface area contributed by atoms with Crippen molar-refractivity contribution in [2.24, 2.45) is 0 Å². The number of aliphatic hydroxyl groups is 1. The van der Waals surface area contributed by atoms with Crippen LogP contribution in [0.4, 0.5) is 22.6 Å². The summed E-state index contributed by atoms with van der Waals surface area (Å²) in [7, 11) is 4.11. The van der Waals surface area contributed by atoms with Gasteiger partial charge in [0.25, 0.3) is 0 Å². The Kier molecular flexibility index (Phi) is 6.99. The zero-order chi connectivity index (χ0) is 22.5. The van der Waals surface area contributed by atoms with Crippen molar-refractivity contribution in [3.05, 3.63) is 42.0 Å². The lowest BCUT2D eigenvalue weighted by Crippen LogP contribution is -2.20. The number of anilines is 4. The highest BCUT2D eigenvalue weighted by Gasteiger charge is 2.10. The van der Waals surface area contributed by atoms with E-state index in [0.717, 1.165) is 56.4 Å². The molecule has 0 aliphatic rings. The molecule has 0 radical (unpaired) electrons. The van der Waals surface area contributed by atoms with Crippen molar-refractivity contribution in [2.75, 3.05) is 56.3 Å². The molecule has 0 aliphatic heterocycles. The molecule has 4 N–H and O–H groups in total. The largest absolute Gasteiger partial charge is 0.396 e. The van der Waals surface area contributed by atoms with Crippen LogP contribution < -0.4 is 16.0 Å². The molecule has 0 aliphatic carbocycles. The molecule has 0 saturated heterocycles. The summed E-state index contributed by atoms with van der Waals surface area (Å²) in [5.41, 5.74) is 3.89. The fourth-order valence-corrected chi connectivity index (χ4v) is 4.24. The van der Waals surface area contributed by atoms with Crippen LogP contribution in [0.2, 0.25) is 0 Å². The molecule has 0 bridgehead atoms. The average molecular weight is 452 g/mol. The molecule has 0 unspecified atom stereocenters. The number of fused-ring (bicyclic) bond motifs is 2. The van der Waals surface area contributed by atoms with E-state index in [1.807, 2.05) is 24.3 Å². The van der Waals surface area contributed by atoms with E-state index in [1.165, 1.54) is 0 Å². The summed E-state index contributed by atoms with van der Waals surface area (Å²) in [4.78, 5) is 16.2. The third-order valence-corrected chi connectivity index (χ3v) is 5.93. The summed E-state index contributed by atoms with van der Waals surface area (Å²) in [6, 6.07) is 12.2. The lowest BCUT2D eigenvalue weighted by Gasteiger charge is -2.12. The van der Waals surface area contributed by atoms with Crippen LogP contribution in [0.5, 0.6) is 0 Å². The fraction of sp³-hybridized carbons (Fsp3) is 0.348. The summed E-state index contributed by atoms with van der Waals surface area (Å²) < 4.78 is 1.10. The number of benzene rings is 2. The molecular weight excluding hydrogens is 422 g/mol. The number of rotatable bonds is 10. The van der Waals surface area contributed by atoms with Gasteiger partial charge in [0.15, 0.2) is 5.13 Å². The first-order valence-electron chi connectivity index (χ1n) is 10.7. The number of hydrogen-bond acceptors (Lipinski definition) is 9. The lowest BCUT2D eigenvalue weighted by molar-refractivity contribution is 0.292. The number of aryl methyl sites for hydroxylation is 1. The van der Waals surface area contributed by atoms with E-state index in [0.29, 0.717) is 18.9 Å². The Morgan fingerprint density at radius 1 is 0.969 bits per heavy atom. The predicted molar refractivity (Wildman–Crippen MR) is 134 cm³/mol. The van der Waals surface area contributed by atoms with Crippen LogP contribution in [0.3, 0.4) is 0 Å². The van der Waals surface area contributed by atoms with Crippen molar-refractivity contribution in [2.45, 2.75) is 13.3 Å². The number of thiazole rings is 1. The standard InChI is InChI=1S/C23H29N7OS/c1-15-5-7-18-17(13-15)21(24-9-4-12-31)29-22(27-18)26-16-6-8-19-20(14-16)32-23(28-19)25-10-11-30(2)3/h5-8,13-14,31H,4,9-12H2,1-3H3,(H,25,28)(H2,24,26,27,29). The number of aromatic nitrogens is 3. The molecule has 0 atom stereocenters. The molecule has 0 amide bonds. The Morgan fingerprint density at radius 3 is 2.62 bits per heavy atom. The molecule has 8 nitrogen and oxygen atoms in total. The first kappa shape index (κ1) is 22.2. The normalized spacial score (nSPS) is 11.4. The Balaban J connectivity index is 1.57. The molecule has 0 spiro atoms. The molecular formula is C23H29N7OS. The summed E-state index contributed by atoms with van der Waals surface area (Å²) in [5, 5.41) is 21.1. The highest BCUT2D eigenvalue weighted by atomic mass is 32.1. The molecule has 2 aromatic carbocycles. The van der Waals surface area contributed by atoms with Gasteiger partial charge in [0, 0.05) is 37.3 Å². The summed E-state index contributed by atoms with van der Waals surface area (Å²) in [5.74, 6) is 1.29. The molecule has 32 heavy (non-hydrogen) atoms. The number of nitrogens with one attached hydrogen (secondary N) is 3. The van der Waals surface area contributed by atoms with E-state index in [1.54, 1.807) is 11.3 Å². The van der Waals surface area contributed by atoms with Crippen molar-refractivity contribution < 1.29 is 5.11 Å². The van der Waals surface area contributed by atoms with Gasteiger partial charge in [0.05, 0.1) is 15.7 Å². The van der Waals surface area contributed by atoms with E-state index < -0.39 is 0 Å². The maximum absolute atomic E-state index is 9.12. The van der Waals surface area contributed by atoms with Crippen molar-refractivity contribution in [1.29, 1.82) is 0 Å². The fourth-order valence-electron chi connectivity index (χ4n) is 3.31. The van der Waals surface area contributed by atoms with Crippen molar-refractivity contribution in [3.63, 3.8) is 0 Å². The van der Waals surface area contributed by atoms with Crippen molar-refractivity contribution >= 4 is 55.0 Å². The van der Waals surface area contributed by atoms with Crippen LogP contribution in [-0.4, -0.2) is 65.3 Å². The Labute approximate surface area is 191 Å². The smallest absolute Gasteiger partial charge is 0.229 e. The highest BCUT2D eigenvalue weighted by Crippen LogP contribution is 2.30. The van der Waals surface area contributed by atoms with E-state index in [4.69, 9.17) is 15.1 Å². The Bertz CT molecular complexity index is 1210. The van der Waals surface area contributed by atoms with Gasteiger partial charge in [-0.15, -0.1) is 0 Å². The van der Waals surface area contributed by atoms with Gasteiger partial charge < -0.3 is 26.0 Å². The molecule has 168 valence electrons. The second-order valence-corrected chi connectivity index (χ2v) is 9.01. The molecule has 4 aromatic rings. The Morgan fingerprint density at radius 2 is 1.81 bits per heavy atom. The molecule has 9 heteroatoms. The van der Waals surface area contributed by atoms with E-state index >= 15 is 0 Å². The van der Waals surface area contributed by atoms with Gasteiger partial charge in [-0.1, -0.05) is 23.0 Å². The minimum atomic E-state index is 0.140. The van der Waals surface area contributed by atoms with Gasteiger partial charge in [0.1, 0.15) is 5.82 Å². The second kappa shape index (κ2) is 10.1. The lowest BCUT2D eigenvalue weighted by atomic mass is 10.1. The second-order valence-electron chi connectivity index (χ2n) is 7.98. The minimum Gasteiger partial charge on any atom is -0.396 e. The average Bonchev–Trinajstić information content (AvgIpc) is 3.16. The third kappa shape index (κ3) is 5.42. The molecule has 0 saturated carbocycles. The predicted octanol–water partition coefficient (Wildman–Crippen LogP) is 4.06. The van der Waals surface area contributed by atoms with E-state index in [2.05, 4.69) is 59.0 Å². The zero-order valence-electron chi connectivity index (χ0n) is 18.6. The van der Waals surface area contributed by atoms with Crippen LogP contribution in [0, 0.1) is 6.92 Å². The van der Waals surface area contributed by atoms with Crippen LogP contribution in [0.15, 0.2) is 36.4 Å². The van der Waals surface area contributed by atoms with Gasteiger partial charge >= 0.3 is 0 Å². The summed E-state index contributed by atoms with van der Waals surface area (Å²) in [6.07, 6.45) is 0.660. The van der Waals surface area contributed by atoms with Crippen molar-refractivity contribution in [1.82, 2.24) is 19.9 Å². The molecule has 0 fully saturated rings. The topological polar surface area (TPSA) is 98.2 Å². The minimum absolute atomic E-state index is 0.140. The number of hydrogen-bond donors (Lipinski definition) is 4. The molecule has 2 aromatic heterocycles. The van der Waals surface area contributed by atoms with Crippen LogP contribution in [0.1, 0.15) is 12.0 Å². The number of likely N-dealkylation sites (N-methyl/N-ethyl adjacent to an activating group) is 1. The van der Waals surface area contributed by atoms with Crippen molar-refractivity contribution in [3.8, 4) is 0 Å². The monoisotopic (exact) mass is 451 g/mol. The maximum atomic E-state index is 9.12. The van der Waals surface area contributed by atoms with Crippen LogP contribution in [-0.2, 0) is 0 Å². The zero-order valence-corrected chi connectivity index (χ0v) is 19.5. The quantitative estimate of drug-likeness (QED) is 0.268. The van der Waals surface area contributed by atoms with Crippen LogP contribution >= 0.6 is 11.3 Å². The van der Waals surface area contributed by atoms with E-state index in [-0.39, 0.29) is 6.61 Å². The molecule has 4 rings (SSSR count). The maximum Gasteiger partial charge on any atom is 0.229 e. The van der Waals surface area contributed by atoms with Gasteiger partial charge in [-0.05, 0) is 57.8 Å². The van der Waals surface area contributed by atoms with Gasteiger partial charge in [-0.2, -0.15) is 4.98 Å². The SMILES string of the molecule is Cc1ccc2nc(Nc3ccc4nc(NCCN(C)C)sc4c3)nc(NCCCO)c2c1. The van der Waals surface area contributed by atoms with Gasteiger partial charge in [0.2, 0.25) is 5.95 Å². The third-order valence-electron chi connectivity index (χ3n) is 4.96. The molecule has 2 heterocycles. The van der Waals surface area contributed by atoms with Gasteiger partial charge in [-0.3, -0.25) is 0 Å². The summed E-state index contributed by atoms with van der Waals surface area (Å²) >= 11 is 1.64. The first-order chi connectivity index (χ1) is 15.5. The summed E-state index contributed by atoms with van der Waals surface area (Å²) in [6.45, 7) is 4.65.